The maximum Gasteiger partial charge on any atom is 0.222 e. The van der Waals surface area contributed by atoms with Crippen molar-refractivity contribution in [2.24, 2.45) is 5.92 Å². The highest BCUT2D eigenvalue weighted by atomic mass is 16.6. The molecule has 7 heteroatoms. The summed E-state index contributed by atoms with van der Waals surface area (Å²) in [6.45, 7) is 4.58. The number of hydrogen-bond donors (Lipinski definition) is 1. The van der Waals surface area contributed by atoms with E-state index >= 15 is 0 Å². The molecule has 0 aliphatic carbocycles. The molecule has 3 heterocycles. The number of carbonyl (C=O) groups excluding carboxylic acids is 1. The summed E-state index contributed by atoms with van der Waals surface area (Å²) in [5.74, 6) is 0.890. The Labute approximate surface area is 147 Å². The largest absolute Gasteiger partial charge is 0.338 e. The van der Waals surface area contributed by atoms with E-state index in [0.717, 1.165) is 62.2 Å². The first kappa shape index (κ1) is 16.5. The smallest absolute Gasteiger partial charge is 0.222 e. The van der Waals surface area contributed by atoms with Gasteiger partial charge in [0.15, 0.2) is 0 Å². The number of likely N-dealkylation sites (tertiary alicyclic amines) is 2. The molecule has 25 heavy (non-hydrogen) atoms. The van der Waals surface area contributed by atoms with E-state index in [1.807, 2.05) is 19.2 Å². The van der Waals surface area contributed by atoms with E-state index in [0.29, 0.717) is 24.3 Å². The lowest BCUT2D eigenvalue weighted by Crippen LogP contribution is -2.56. The van der Waals surface area contributed by atoms with E-state index in [1.54, 1.807) is 0 Å². The maximum absolute atomic E-state index is 12.3. The average molecular weight is 343 g/mol. The van der Waals surface area contributed by atoms with E-state index in [9.17, 15) is 4.79 Å². The van der Waals surface area contributed by atoms with Gasteiger partial charge in [-0.3, -0.25) is 9.69 Å². The number of nitrogens with zero attached hydrogens (tertiary/aromatic N) is 4. The number of nitrogens with one attached hydrogen (secondary N) is 1. The van der Waals surface area contributed by atoms with Crippen LogP contribution >= 0.6 is 0 Å². The van der Waals surface area contributed by atoms with Gasteiger partial charge in [0.25, 0.3) is 0 Å². The van der Waals surface area contributed by atoms with Crippen LogP contribution in [0, 0.1) is 5.92 Å². The van der Waals surface area contributed by atoms with Gasteiger partial charge in [0, 0.05) is 45.2 Å². The Bertz CT molecular complexity index is 746. The summed E-state index contributed by atoms with van der Waals surface area (Å²) in [4.78, 5) is 16.9. The third-order valence-corrected chi connectivity index (χ3v) is 5.59. The first-order chi connectivity index (χ1) is 12.3. The monoisotopic (exact) mass is 343 g/mol. The molecule has 1 amide bonds. The minimum Gasteiger partial charge on any atom is -0.338 e. The number of piperidine rings is 2. The first-order valence-electron chi connectivity index (χ1n) is 9.13. The zero-order chi connectivity index (χ0) is 17.2. The van der Waals surface area contributed by atoms with Crippen molar-refractivity contribution in [2.75, 3.05) is 33.2 Å². The fraction of sp³-hybridized carbons (Fsp3) is 0.611. The van der Waals surface area contributed by atoms with Crippen LogP contribution in [0.3, 0.4) is 0 Å². The quantitative estimate of drug-likeness (QED) is 0.881. The SMILES string of the molecule is CNCCN1C(=O)CC[C@H]2CN(Cc3cccc4nonc34)CC[C@H]21. The predicted molar refractivity (Wildman–Crippen MR) is 93.8 cm³/mol. The van der Waals surface area contributed by atoms with Crippen LogP contribution < -0.4 is 5.32 Å². The molecule has 0 radical (unpaired) electrons. The lowest BCUT2D eigenvalue weighted by molar-refractivity contribution is -0.141. The Kier molecular flexibility index (Phi) is 4.67. The van der Waals surface area contributed by atoms with Crippen molar-refractivity contribution in [3.8, 4) is 0 Å². The fourth-order valence-electron chi connectivity index (χ4n) is 4.32. The van der Waals surface area contributed by atoms with Gasteiger partial charge >= 0.3 is 0 Å². The number of likely N-dealkylation sites (N-methyl/N-ethyl adjacent to an activating group) is 1. The number of rotatable bonds is 5. The Balaban J connectivity index is 1.44. The minimum atomic E-state index is 0.323. The van der Waals surface area contributed by atoms with Gasteiger partial charge in [-0.15, -0.1) is 0 Å². The highest BCUT2D eigenvalue weighted by molar-refractivity contribution is 5.77. The van der Waals surface area contributed by atoms with Crippen LogP contribution in [0.4, 0.5) is 0 Å². The zero-order valence-corrected chi connectivity index (χ0v) is 14.6. The molecule has 2 aliphatic heterocycles. The number of amides is 1. The molecule has 4 rings (SSSR count). The second kappa shape index (κ2) is 7.09. The third-order valence-electron chi connectivity index (χ3n) is 5.59. The number of aromatic nitrogens is 2. The van der Waals surface area contributed by atoms with E-state index < -0.39 is 0 Å². The summed E-state index contributed by atoms with van der Waals surface area (Å²) in [5, 5.41) is 11.1. The van der Waals surface area contributed by atoms with Gasteiger partial charge < -0.3 is 10.2 Å². The van der Waals surface area contributed by atoms with Crippen molar-refractivity contribution in [2.45, 2.75) is 31.8 Å². The van der Waals surface area contributed by atoms with Crippen LogP contribution in [0.25, 0.3) is 11.0 Å². The summed E-state index contributed by atoms with van der Waals surface area (Å²) >= 11 is 0. The molecule has 2 saturated heterocycles. The summed E-state index contributed by atoms with van der Waals surface area (Å²) < 4.78 is 4.88. The Hall–Kier alpha value is -1.99. The third kappa shape index (κ3) is 3.26. The molecule has 2 aliphatic rings. The molecular weight excluding hydrogens is 318 g/mol. The van der Waals surface area contributed by atoms with Gasteiger partial charge in [0.1, 0.15) is 11.0 Å². The van der Waals surface area contributed by atoms with Gasteiger partial charge in [0.2, 0.25) is 5.91 Å². The zero-order valence-electron chi connectivity index (χ0n) is 14.6. The van der Waals surface area contributed by atoms with E-state index in [-0.39, 0.29) is 0 Å². The summed E-state index contributed by atoms with van der Waals surface area (Å²) in [6, 6.07) is 6.43. The fourth-order valence-corrected chi connectivity index (χ4v) is 4.32. The van der Waals surface area contributed by atoms with E-state index in [1.165, 1.54) is 0 Å². The van der Waals surface area contributed by atoms with Crippen molar-refractivity contribution < 1.29 is 9.42 Å². The second-order valence-electron chi connectivity index (χ2n) is 7.13. The number of fused-ring (bicyclic) bond motifs is 2. The molecule has 1 aromatic carbocycles. The lowest BCUT2D eigenvalue weighted by Gasteiger charge is -2.47. The van der Waals surface area contributed by atoms with Crippen LogP contribution in [-0.2, 0) is 11.3 Å². The second-order valence-corrected chi connectivity index (χ2v) is 7.13. The summed E-state index contributed by atoms with van der Waals surface area (Å²) in [7, 11) is 1.94. The van der Waals surface area contributed by atoms with Crippen molar-refractivity contribution in [3.05, 3.63) is 23.8 Å². The number of hydrogen-bond acceptors (Lipinski definition) is 6. The Morgan fingerprint density at radius 1 is 1.32 bits per heavy atom. The topological polar surface area (TPSA) is 74.5 Å². The van der Waals surface area contributed by atoms with Gasteiger partial charge in [-0.2, -0.15) is 0 Å². The summed E-state index contributed by atoms with van der Waals surface area (Å²) in [6.07, 6.45) is 2.74. The molecule has 134 valence electrons. The van der Waals surface area contributed by atoms with Crippen molar-refractivity contribution >= 4 is 16.9 Å². The molecule has 2 aromatic rings. The molecule has 0 bridgehead atoms. The van der Waals surface area contributed by atoms with Crippen LogP contribution in [0.1, 0.15) is 24.8 Å². The highest BCUT2D eigenvalue weighted by Crippen LogP contribution is 2.32. The number of benzene rings is 1. The maximum atomic E-state index is 12.3. The molecule has 7 nitrogen and oxygen atoms in total. The molecule has 1 N–H and O–H groups in total. The Morgan fingerprint density at radius 3 is 3.12 bits per heavy atom. The lowest BCUT2D eigenvalue weighted by atomic mass is 9.83. The number of carbonyl (C=O) groups is 1. The van der Waals surface area contributed by atoms with E-state index in [2.05, 4.69) is 31.5 Å². The Morgan fingerprint density at radius 2 is 2.24 bits per heavy atom. The van der Waals surface area contributed by atoms with Gasteiger partial charge in [-0.05, 0) is 47.8 Å². The van der Waals surface area contributed by atoms with Crippen LogP contribution in [0.15, 0.2) is 22.8 Å². The standard InChI is InChI=1S/C18H25N5O2/c1-19-8-10-23-16-7-9-22(11-13(16)5-6-17(23)24)12-14-3-2-4-15-18(14)21-25-20-15/h2-4,13,16,19H,5-12H2,1H3/t13-,16+/m0/s1. The molecular formula is C18H25N5O2. The molecule has 0 saturated carbocycles. The summed E-state index contributed by atoms with van der Waals surface area (Å²) in [5.41, 5.74) is 2.84. The highest BCUT2D eigenvalue weighted by Gasteiger charge is 2.38. The van der Waals surface area contributed by atoms with E-state index in [4.69, 9.17) is 4.63 Å². The normalized spacial score (nSPS) is 24.7. The van der Waals surface area contributed by atoms with Crippen molar-refractivity contribution in [1.82, 2.24) is 25.4 Å². The van der Waals surface area contributed by atoms with Gasteiger partial charge in [0.05, 0.1) is 0 Å². The first-order valence-corrected chi connectivity index (χ1v) is 9.13. The molecule has 2 fully saturated rings. The van der Waals surface area contributed by atoms with Crippen LogP contribution in [0.5, 0.6) is 0 Å². The van der Waals surface area contributed by atoms with Crippen LogP contribution in [-0.4, -0.2) is 65.3 Å². The van der Waals surface area contributed by atoms with Crippen LogP contribution in [0.2, 0.25) is 0 Å². The molecule has 2 atom stereocenters. The molecule has 0 spiro atoms. The molecule has 1 aromatic heterocycles. The van der Waals surface area contributed by atoms with Crippen molar-refractivity contribution in [3.63, 3.8) is 0 Å². The average Bonchev–Trinajstić information content (AvgIpc) is 3.11. The predicted octanol–water partition coefficient (Wildman–Crippen LogP) is 1.26. The van der Waals surface area contributed by atoms with Crippen molar-refractivity contribution in [1.29, 1.82) is 0 Å². The van der Waals surface area contributed by atoms with Gasteiger partial charge in [-0.1, -0.05) is 12.1 Å². The van der Waals surface area contributed by atoms with Gasteiger partial charge in [-0.25, -0.2) is 4.63 Å². The minimum absolute atomic E-state index is 0.323. The molecule has 0 unspecified atom stereocenters.